The quantitative estimate of drug-likeness (QED) is 0.666. The van der Waals surface area contributed by atoms with Crippen molar-refractivity contribution in [2.75, 3.05) is 0 Å². The van der Waals surface area contributed by atoms with Crippen molar-refractivity contribution in [3.05, 3.63) is 57.5 Å². The van der Waals surface area contributed by atoms with Gasteiger partial charge in [0.25, 0.3) is 0 Å². The summed E-state index contributed by atoms with van der Waals surface area (Å²) in [6.07, 6.45) is 0.571. The second kappa shape index (κ2) is 5.76. The number of benzene rings is 1. The molecule has 0 radical (unpaired) electrons. The molecule has 0 aliphatic carbocycles. The molecule has 3 N–H and O–H groups in total. The maximum Gasteiger partial charge on any atom is 0.122 e. The van der Waals surface area contributed by atoms with Crippen molar-refractivity contribution in [2.45, 2.75) is 19.4 Å². The molecule has 0 aliphatic rings. The Bertz CT molecular complexity index is 519. The number of nitrogens with two attached hydrogens (primary N) is 1. The van der Waals surface area contributed by atoms with E-state index in [0.29, 0.717) is 16.5 Å². The van der Waals surface area contributed by atoms with Crippen LogP contribution in [0.4, 0.5) is 0 Å². The predicted molar refractivity (Wildman–Crippen MR) is 73.7 cm³/mol. The van der Waals surface area contributed by atoms with Gasteiger partial charge < -0.3 is 4.42 Å². The fourth-order valence-corrected chi connectivity index (χ4v) is 2.37. The predicted octanol–water partition coefficient (Wildman–Crippen LogP) is 3.64. The van der Waals surface area contributed by atoms with Crippen LogP contribution < -0.4 is 11.3 Å². The Morgan fingerprint density at radius 1 is 1.22 bits per heavy atom. The van der Waals surface area contributed by atoms with E-state index < -0.39 is 0 Å². The minimum Gasteiger partial charge on any atom is -0.465 e. The maximum absolute atomic E-state index is 6.14. The van der Waals surface area contributed by atoms with Crippen LogP contribution in [0.2, 0.25) is 10.0 Å². The van der Waals surface area contributed by atoms with E-state index in [4.69, 9.17) is 33.5 Å². The molecule has 5 heteroatoms. The highest BCUT2D eigenvalue weighted by Gasteiger charge is 2.17. The van der Waals surface area contributed by atoms with Crippen LogP contribution >= 0.6 is 23.2 Å². The van der Waals surface area contributed by atoms with Crippen LogP contribution in [-0.4, -0.2) is 0 Å². The first-order valence-corrected chi connectivity index (χ1v) is 6.32. The van der Waals surface area contributed by atoms with Gasteiger partial charge in [-0.2, -0.15) is 0 Å². The van der Waals surface area contributed by atoms with Gasteiger partial charge in [-0.15, -0.1) is 0 Å². The molecule has 1 atom stereocenters. The number of hydrogen-bond acceptors (Lipinski definition) is 3. The molecule has 0 saturated carbocycles. The average Bonchev–Trinajstić information content (AvgIpc) is 2.76. The topological polar surface area (TPSA) is 51.2 Å². The monoisotopic (exact) mass is 284 g/mol. The molecule has 0 bridgehead atoms. The summed E-state index contributed by atoms with van der Waals surface area (Å²) in [4.78, 5) is 0. The number of aryl methyl sites for hydroxylation is 1. The van der Waals surface area contributed by atoms with E-state index in [9.17, 15) is 0 Å². The first-order valence-electron chi connectivity index (χ1n) is 5.57. The maximum atomic E-state index is 6.14. The summed E-state index contributed by atoms with van der Waals surface area (Å²) in [5.41, 5.74) is 3.58. The largest absolute Gasteiger partial charge is 0.465 e. The van der Waals surface area contributed by atoms with Crippen LogP contribution in [0.3, 0.4) is 0 Å². The third-order valence-electron chi connectivity index (χ3n) is 2.78. The molecule has 0 fully saturated rings. The summed E-state index contributed by atoms with van der Waals surface area (Å²) in [5.74, 6) is 7.18. The Morgan fingerprint density at radius 3 is 2.39 bits per heavy atom. The van der Waals surface area contributed by atoms with Gasteiger partial charge in [-0.1, -0.05) is 29.3 Å². The summed E-state index contributed by atoms with van der Waals surface area (Å²) in [5, 5.41) is 1.26. The van der Waals surface area contributed by atoms with Crippen LogP contribution in [0.5, 0.6) is 0 Å². The number of halogens is 2. The molecule has 2 rings (SSSR count). The zero-order valence-corrected chi connectivity index (χ0v) is 11.4. The van der Waals surface area contributed by atoms with E-state index in [-0.39, 0.29) is 6.04 Å². The number of nitrogens with one attached hydrogen (secondary N) is 1. The third kappa shape index (κ3) is 2.87. The minimum absolute atomic E-state index is 0.156. The van der Waals surface area contributed by atoms with Gasteiger partial charge in [-0.25, -0.2) is 5.43 Å². The van der Waals surface area contributed by atoms with Gasteiger partial charge >= 0.3 is 0 Å². The summed E-state index contributed by atoms with van der Waals surface area (Å²) in [6.45, 7) is 1.89. The van der Waals surface area contributed by atoms with Crippen molar-refractivity contribution in [2.24, 2.45) is 5.84 Å². The van der Waals surface area contributed by atoms with Crippen molar-refractivity contribution < 1.29 is 4.42 Å². The SMILES string of the molecule is Cc1ccc(C(Cc2c(Cl)cccc2Cl)NN)o1. The van der Waals surface area contributed by atoms with Gasteiger partial charge in [0.1, 0.15) is 11.5 Å². The third-order valence-corrected chi connectivity index (χ3v) is 3.48. The molecular weight excluding hydrogens is 271 g/mol. The van der Waals surface area contributed by atoms with E-state index >= 15 is 0 Å². The summed E-state index contributed by atoms with van der Waals surface area (Å²) < 4.78 is 5.56. The van der Waals surface area contributed by atoms with E-state index in [1.807, 2.05) is 37.3 Å². The second-order valence-electron chi connectivity index (χ2n) is 4.07. The molecule has 1 aromatic heterocycles. The minimum atomic E-state index is -0.156. The summed E-state index contributed by atoms with van der Waals surface area (Å²) >= 11 is 12.3. The standard InChI is InChI=1S/C13H14Cl2N2O/c1-8-5-6-13(18-8)12(17-16)7-9-10(14)3-2-4-11(9)15/h2-6,12,17H,7,16H2,1H3. The molecule has 0 amide bonds. The molecule has 2 aromatic rings. The van der Waals surface area contributed by atoms with Crippen LogP contribution in [0.15, 0.2) is 34.7 Å². The number of furan rings is 1. The van der Waals surface area contributed by atoms with Crippen molar-refractivity contribution in [3.8, 4) is 0 Å². The smallest absolute Gasteiger partial charge is 0.122 e. The lowest BCUT2D eigenvalue weighted by molar-refractivity contribution is 0.403. The molecule has 1 heterocycles. The lowest BCUT2D eigenvalue weighted by atomic mass is 10.0. The number of hydrogen-bond donors (Lipinski definition) is 2. The fourth-order valence-electron chi connectivity index (χ4n) is 1.81. The summed E-state index contributed by atoms with van der Waals surface area (Å²) in [7, 11) is 0. The van der Waals surface area contributed by atoms with E-state index in [0.717, 1.165) is 17.1 Å². The van der Waals surface area contributed by atoms with Crippen LogP contribution in [0.1, 0.15) is 23.1 Å². The zero-order chi connectivity index (χ0) is 13.1. The fraction of sp³-hybridized carbons (Fsp3) is 0.231. The molecule has 1 unspecified atom stereocenters. The van der Waals surface area contributed by atoms with Crippen molar-refractivity contribution >= 4 is 23.2 Å². The molecule has 96 valence electrons. The van der Waals surface area contributed by atoms with E-state index in [1.165, 1.54) is 0 Å². The van der Waals surface area contributed by atoms with Gasteiger partial charge in [0.15, 0.2) is 0 Å². The first-order chi connectivity index (χ1) is 8.61. The van der Waals surface area contributed by atoms with Crippen molar-refractivity contribution in [3.63, 3.8) is 0 Å². The van der Waals surface area contributed by atoms with Crippen LogP contribution in [-0.2, 0) is 6.42 Å². The summed E-state index contributed by atoms with van der Waals surface area (Å²) in [6, 6.07) is 9.07. The average molecular weight is 285 g/mol. The molecule has 18 heavy (non-hydrogen) atoms. The second-order valence-corrected chi connectivity index (χ2v) is 4.89. The number of hydrazine groups is 1. The van der Waals surface area contributed by atoms with Gasteiger partial charge in [0, 0.05) is 10.0 Å². The van der Waals surface area contributed by atoms with Crippen molar-refractivity contribution in [1.29, 1.82) is 0 Å². The van der Waals surface area contributed by atoms with Gasteiger partial charge in [0.2, 0.25) is 0 Å². The number of rotatable bonds is 4. The molecule has 0 saturated heterocycles. The van der Waals surface area contributed by atoms with E-state index in [1.54, 1.807) is 0 Å². The lowest BCUT2D eigenvalue weighted by Gasteiger charge is -2.15. The lowest BCUT2D eigenvalue weighted by Crippen LogP contribution is -2.29. The van der Waals surface area contributed by atoms with E-state index in [2.05, 4.69) is 5.43 Å². The van der Waals surface area contributed by atoms with Gasteiger partial charge in [-0.05, 0) is 43.2 Å². The van der Waals surface area contributed by atoms with Gasteiger partial charge in [0.05, 0.1) is 6.04 Å². The van der Waals surface area contributed by atoms with Crippen LogP contribution in [0, 0.1) is 6.92 Å². The molecule has 0 aliphatic heterocycles. The Balaban J connectivity index is 2.26. The highest BCUT2D eigenvalue weighted by molar-refractivity contribution is 6.36. The Labute approximate surface area is 116 Å². The first kappa shape index (κ1) is 13.4. The van der Waals surface area contributed by atoms with Crippen LogP contribution in [0.25, 0.3) is 0 Å². The Morgan fingerprint density at radius 2 is 1.89 bits per heavy atom. The molecule has 3 nitrogen and oxygen atoms in total. The molecule has 0 spiro atoms. The van der Waals surface area contributed by atoms with Crippen molar-refractivity contribution in [1.82, 2.24) is 5.43 Å². The van der Waals surface area contributed by atoms with Gasteiger partial charge in [-0.3, -0.25) is 5.84 Å². The molecule has 1 aromatic carbocycles. The Hall–Kier alpha value is -1.00. The zero-order valence-electron chi connectivity index (χ0n) is 9.91. The highest BCUT2D eigenvalue weighted by Crippen LogP contribution is 2.29. The Kier molecular flexibility index (Phi) is 4.30. The molecular formula is C13H14Cl2N2O. The normalized spacial score (nSPS) is 12.7. The highest BCUT2D eigenvalue weighted by atomic mass is 35.5.